The lowest BCUT2D eigenvalue weighted by atomic mass is 10.0. The highest BCUT2D eigenvalue weighted by molar-refractivity contribution is 9.25. The average molecular weight is 416 g/mol. The zero-order valence-electron chi connectivity index (χ0n) is 11.2. The number of ether oxygens (including phenoxy) is 1. The van der Waals surface area contributed by atoms with E-state index in [9.17, 15) is 9.18 Å². The fraction of sp³-hybridized carbons (Fsp3) is 0.188. The van der Waals surface area contributed by atoms with Crippen LogP contribution in [0.25, 0.3) is 0 Å². The Morgan fingerprint density at radius 2 is 1.67 bits per heavy atom. The molecule has 5 heteroatoms. The van der Waals surface area contributed by atoms with Crippen LogP contribution >= 0.6 is 31.9 Å². The number of carbonyl (C=O) groups excluding carboxylic acids is 1. The predicted octanol–water partition coefficient (Wildman–Crippen LogP) is 5.31. The van der Waals surface area contributed by atoms with E-state index in [1.54, 1.807) is 42.5 Å². The molecule has 0 aromatic heterocycles. The summed E-state index contributed by atoms with van der Waals surface area (Å²) in [5, 5.41) is 0. The first kappa shape index (κ1) is 16.2. The van der Waals surface area contributed by atoms with Crippen LogP contribution in [0.4, 0.5) is 4.39 Å². The van der Waals surface area contributed by atoms with Crippen LogP contribution in [0.3, 0.4) is 0 Å². The summed E-state index contributed by atoms with van der Waals surface area (Å²) in [4.78, 5) is 12.2. The number of benzene rings is 2. The third-order valence-electron chi connectivity index (χ3n) is 3.00. The molecule has 0 heterocycles. The number of hydrogen-bond donors (Lipinski definition) is 0. The molecule has 0 radical (unpaired) electrons. The van der Waals surface area contributed by atoms with Crippen molar-refractivity contribution in [3.63, 3.8) is 0 Å². The van der Waals surface area contributed by atoms with Gasteiger partial charge in [-0.25, -0.2) is 9.18 Å². The van der Waals surface area contributed by atoms with Crippen LogP contribution in [0.1, 0.15) is 27.6 Å². The van der Waals surface area contributed by atoms with Gasteiger partial charge in [0.05, 0.1) is 5.56 Å². The van der Waals surface area contributed by atoms with Gasteiger partial charge in [0.15, 0.2) is 6.10 Å². The number of carbonyl (C=O) groups is 1. The Morgan fingerprint density at radius 3 is 2.24 bits per heavy atom. The second kappa shape index (κ2) is 6.71. The number of hydrogen-bond acceptors (Lipinski definition) is 2. The van der Waals surface area contributed by atoms with E-state index in [-0.39, 0.29) is 0 Å². The van der Waals surface area contributed by atoms with Crippen molar-refractivity contribution in [2.45, 2.75) is 16.5 Å². The fourth-order valence-electron chi connectivity index (χ4n) is 1.94. The Kier molecular flexibility index (Phi) is 5.17. The summed E-state index contributed by atoms with van der Waals surface area (Å²) >= 11 is 5.78. The van der Waals surface area contributed by atoms with Crippen LogP contribution in [0.15, 0.2) is 54.6 Å². The SMILES string of the molecule is Cc1ccccc1C(OC(=O)c1ccccc1)C(F)(Br)Br. The smallest absolute Gasteiger partial charge is 0.338 e. The molecule has 2 rings (SSSR count). The van der Waals surface area contributed by atoms with Crippen molar-refractivity contribution in [3.05, 3.63) is 71.3 Å². The van der Waals surface area contributed by atoms with Crippen molar-refractivity contribution in [1.82, 2.24) is 0 Å². The molecule has 2 aromatic carbocycles. The van der Waals surface area contributed by atoms with E-state index in [0.29, 0.717) is 11.1 Å². The van der Waals surface area contributed by atoms with Gasteiger partial charge >= 0.3 is 5.97 Å². The summed E-state index contributed by atoms with van der Waals surface area (Å²) in [6.07, 6.45) is -1.11. The maximum absolute atomic E-state index is 14.4. The van der Waals surface area contributed by atoms with Crippen LogP contribution in [-0.2, 0) is 4.74 Å². The summed E-state index contributed by atoms with van der Waals surface area (Å²) in [6, 6.07) is 15.7. The van der Waals surface area contributed by atoms with Crippen LogP contribution in [-0.4, -0.2) is 9.46 Å². The Labute approximate surface area is 139 Å². The molecule has 2 aromatic rings. The first-order valence-corrected chi connectivity index (χ1v) is 7.86. The van der Waals surface area contributed by atoms with Gasteiger partial charge in [0.1, 0.15) is 0 Å². The first-order chi connectivity index (χ1) is 9.89. The molecule has 0 bridgehead atoms. The quantitative estimate of drug-likeness (QED) is 0.499. The summed E-state index contributed by atoms with van der Waals surface area (Å²) < 4.78 is 17.7. The third-order valence-corrected chi connectivity index (χ3v) is 3.83. The Morgan fingerprint density at radius 1 is 1.10 bits per heavy atom. The van der Waals surface area contributed by atoms with E-state index in [2.05, 4.69) is 31.9 Å². The Bertz CT molecular complexity index is 624. The number of rotatable bonds is 4. The largest absolute Gasteiger partial charge is 0.448 e. The molecule has 1 atom stereocenters. The zero-order valence-corrected chi connectivity index (χ0v) is 14.4. The van der Waals surface area contributed by atoms with Gasteiger partial charge in [0.25, 0.3) is 3.49 Å². The minimum absolute atomic E-state index is 0.375. The third kappa shape index (κ3) is 4.14. The molecule has 0 saturated heterocycles. The van der Waals surface area contributed by atoms with Crippen LogP contribution < -0.4 is 0 Å². The molecular weight excluding hydrogens is 403 g/mol. The number of aryl methyl sites for hydroxylation is 1. The van der Waals surface area contributed by atoms with Gasteiger partial charge in [0.2, 0.25) is 0 Å². The molecule has 0 spiro atoms. The van der Waals surface area contributed by atoms with Gasteiger partial charge in [0, 0.05) is 5.56 Å². The number of esters is 1. The topological polar surface area (TPSA) is 26.3 Å². The predicted molar refractivity (Wildman–Crippen MR) is 87.5 cm³/mol. The van der Waals surface area contributed by atoms with E-state index in [0.717, 1.165) is 5.56 Å². The molecular formula is C16H13Br2FO2. The maximum Gasteiger partial charge on any atom is 0.338 e. The molecule has 0 N–H and O–H groups in total. The van der Waals surface area contributed by atoms with Crippen molar-refractivity contribution in [2.24, 2.45) is 0 Å². The molecule has 0 fully saturated rings. The van der Waals surface area contributed by atoms with Gasteiger partial charge in [-0.1, -0.05) is 42.5 Å². The molecule has 0 aliphatic heterocycles. The van der Waals surface area contributed by atoms with Crippen molar-refractivity contribution in [1.29, 1.82) is 0 Å². The lowest BCUT2D eigenvalue weighted by Gasteiger charge is -2.25. The molecule has 110 valence electrons. The van der Waals surface area contributed by atoms with Gasteiger partial charge in [-0.2, -0.15) is 0 Å². The van der Waals surface area contributed by atoms with Crippen molar-refractivity contribution in [3.8, 4) is 0 Å². The highest BCUT2D eigenvalue weighted by Gasteiger charge is 2.39. The van der Waals surface area contributed by atoms with E-state index in [1.807, 2.05) is 19.1 Å². The molecule has 1 unspecified atom stereocenters. The molecule has 2 nitrogen and oxygen atoms in total. The second-order valence-electron chi connectivity index (χ2n) is 4.55. The second-order valence-corrected chi connectivity index (χ2v) is 7.92. The van der Waals surface area contributed by atoms with Crippen molar-refractivity contribution in [2.75, 3.05) is 0 Å². The Balaban J connectivity index is 2.31. The number of alkyl halides is 3. The Hall–Kier alpha value is -1.20. The minimum Gasteiger partial charge on any atom is -0.448 e. The zero-order chi connectivity index (χ0) is 15.5. The lowest BCUT2D eigenvalue weighted by Crippen LogP contribution is -2.24. The van der Waals surface area contributed by atoms with Gasteiger partial charge in [-0.05, 0) is 56.5 Å². The van der Waals surface area contributed by atoms with Gasteiger partial charge < -0.3 is 4.74 Å². The van der Waals surface area contributed by atoms with E-state index in [4.69, 9.17) is 4.74 Å². The molecule has 0 saturated carbocycles. The molecule has 0 aliphatic rings. The average Bonchev–Trinajstić information content (AvgIpc) is 2.45. The van der Waals surface area contributed by atoms with E-state index < -0.39 is 15.6 Å². The molecule has 0 aliphatic carbocycles. The van der Waals surface area contributed by atoms with Crippen LogP contribution in [0.2, 0.25) is 0 Å². The highest BCUT2D eigenvalue weighted by Crippen LogP contribution is 2.44. The van der Waals surface area contributed by atoms with Crippen LogP contribution in [0.5, 0.6) is 0 Å². The lowest BCUT2D eigenvalue weighted by molar-refractivity contribution is 0.0160. The van der Waals surface area contributed by atoms with E-state index >= 15 is 0 Å². The normalized spacial score (nSPS) is 12.8. The first-order valence-electron chi connectivity index (χ1n) is 6.28. The molecule has 0 amide bonds. The minimum atomic E-state index is -2.05. The van der Waals surface area contributed by atoms with Crippen molar-refractivity contribution < 1.29 is 13.9 Å². The van der Waals surface area contributed by atoms with Crippen molar-refractivity contribution >= 4 is 37.8 Å². The van der Waals surface area contributed by atoms with E-state index in [1.165, 1.54) is 0 Å². The fourth-order valence-corrected chi connectivity index (χ4v) is 2.62. The van der Waals surface area contributed by atoms with Gasteiger partial charge in [-0.15, -0.1) is 0 Å². The van der Waals surface area contributed by atoms with Gasteiger partial charge in [-0.3, -0.25) is 0 Å². The summed E-state index contributed by atoms with van der Waals surface area (Å²) in [5.74, 6) is -0.579. The molecule has 21 heavy (non-hydrogen) atoms. The number of halogens is 3. The standard InChI is InChI=1S/C16H13Br2FO2/c1-11-7-5-6-10-13(11)14(16(17,18)19)21-15(20)12-8-3-2-4-9-12/h2-10,14H,1H3. The monoisotopic (exact) mass is 414 g/mol. The summed E-state index contributed by atoms with van der Waals surface area (Å²) in [6.45, 7) is 1.84. The maximum atomic E-state index is 14.4. The van der Waals surface area contributed by atoms with Crippen LogP contribution in [0, 0.1) is 6.92 Å². The summed E-state index contributed by atoms with van der Waals surface area (Å²) in [5.41, 5.74) is 1.81. The summed E-state index contributed by atoms with van der Waals surface area (Å²) in [7, 11) is 0. The highest BCUT2D eigenvalue weighted by atomic mass is 79.9.